The molecule has 224 valence electrons. The molecule has 0 aromatic heterocycles. The first kappa shape index (κ1) is 31.3. The number of aryl methyl sites for hydroxylation is 3. The van der Waals surface area contributed by atoms with Crippen molar-refractivity contribution in [2.45, 2.75) is 77.9 Å². The number of carbonyl (C=O) groups excluding carboxylic acids is 2. The van der Waals surface area contributed by atoms with Crippen molar-refractivity contribution in [3.05, 3.63) is 101 Å². The Morgan fingerprint density at radius 1 is 0.881 bits per heavy atom. The zero-order valence-corrected chi connectivity index (χ0v) is 26.0. The maximum absolute atomic E-state index is 14.3. The molecule has 1 fully saturated rings. The zero-order chi connectivity index (χ0) is 30.3. The first-order chi connectivity index (χ1) is 20.0. The average Bonchev–Trinajstić information content (AvgIpc) is 2.95. The molecule has 1 N–H and O–H groups in total. The van der Waals surface area contributed by atoms with Gasteiger partial charge in [-0.2, -0.15) is 0 Å². The summed E-state index contributed by atoms with van der Waals surface area (Å²) in [6.45, 7) is 5.54. The fourth-order valence-electron chi connectivity index (χ4n) is 5.75. The highest BCUT2D eigenvalue weighted by molar-refractivity contribution is 7.92. The van der Waals surface area contributed by atoms with Gasteiger partial charge in [0, 0.05) is 19.0 Å². The molecule has 2 amide bonds. The highest BCUT2D eigenvalue weighted by atomic mass is 32.2. The summed E-state index contributed by atoms with van der Waals surface area (Å²) in [5, 5.41) is 3.24. The molecule has 1 aliphatic rings. The third-order valence-electron chi connectivity index (χ3n) is 8.12. The van der Waals surface area contributed by atoms with E-state index in [1.807, 2.05) is 87.5 Å². The molecule has 0 aliphatic heterocycles. The van der Waals surface area contributed by atoms with Crippen LogP contribution in [0.25, 0.3) is 0 Å². The maximum atomic E-state index is 14.3. The van der Waals surface area contributed by atoms with Gasteiger partial charge in [0.05, 0.1) is 11.9 Å². The lowest BCUT2D eigenvalue weighted by atomic mass is 9.94. The van der Waals surface area contributed by atoms with Crippen LogP contribution in [0, 0.1) is 20.8 Å². The van der Waals surface area contributed by atoms with Gasteiger partial charge < -0.3 is 10.2 Å². The van der Waals surface area contributed by atoms with Gasteiger partial charge in [0.15, 0.2) is 0 Å². The molecule has 0 heterocycles. The Labute approximate surface area is 251 Å². The van der Waals surface area contributed by atoms with E-state index in [9.17, 15) is 18.0 Å². The molecule has 7 nitrogen and oxygen atoms in total. The van der Waals surface area contributed by atoms with Gasteiger partial charge in [-0.05, 0) is 61.9 Å². The standard InChI is InChI=1S/C34H43N3O4S/c1-25-19-20-31(27(3)21-25)37(42(4,40)41)24-33(38)36(23-29-16-12-11-13-26(29)2)32(22-28-14-7-5-8-15-28)34(39)35-30-17-9-6-10-18-30/h5,7-8,11-16,19-21,30,32H,6,9-10,17-18,22-24H2,1-4H3,(H,35,39)/t32-/m1/s1. The fourth-order valence-corrected chi connectivity index (χ4v) is 6.66. The van der Waals surface area contributed by atoms with Gasteiger partial charge in [-0.15, -0.1) is 0 Å². The third kappa shape index (κ3) is 8.22. The highest BCUT2D eigenvalue weighted by Gasteiger charge is 2.34. The Morgan fingerprint density at radius 2 is 1.55 bits per heavy atom. The number of nitrogens with zero attached hydrogens (tertiary/aromatic N) is 2. The van der Waals surface area contributed by atoms with Crippen LogP contribution in [0.1, 0.15) is 59.9 Å². The molecule has 8 heteroatoms. The second kappa shape index (κ2) is 14.0. The van der Waals surface area contributed by atoms with Gasteiger partial charge >= 0.3 is 0 Å². The first-order valence-corrected chi connectivity index (χ1v) is 16.6. The molecule has 1 atom stereocenters. The van der Waals surface area contributed by atoms with Crippen LogP contribution in [-0.2, 0) is 32.6 Å². The maximum Gasteiger partial charge on any atom is 0.244 e. The second-order valence-corrected chi connectivity index (χ2v) is 13.5. The number of anilines is 1. The molecule has 1 aliphatic carbocycles. The highest BCUT2D eigenvalue weighted by Crippen LogP contribution is 2.25. The van der Waals surface area contributed by atoms with E-state index in [-0.39, 0.29) is 18.5 Å². The summed E-state index contributed by atoms with van der Waals surface area (Å²) in [7, 11) is -3.81. The van der Waals surface area contributed by atoms with Gasteiger partial charge in [0.2, 0.25) is 21.8 Å². The molecule has 4 rings (SSSR count). The molecule has 0 unspecified atom stereocenters. The number of carbonyl (C=O) groups is 2. The Balaban J connectivity index is 1.74. The van der Waals surface area contributed by atoms with Crippen LogP contribution >= 0.6 is 0 Å². The molecule has 1 saturated carbocycles. The van der Waals surface area contributed by atoms with Gasteiger partial charge in [-0.1, -0.05) is 91.6 Å². The van der Waals surface area contributed by atoms with Crippen LogP contribution < -0.4 is 9.62 Å². The third-order valence-corrected chi connectivity index (χ3v) is 9.25. The molecular formula is C34H43N3O4S. The molecule has 42 heavy (non-hydrogen) atoms. The Morgan fingerprint density at radius 3 is 2.19 bits per heavy atom. The van der Waals surface area contributed by atoms with E-state index < -0.39 is 28.5 Å². The largest absolute Gasteiger partial charge is 0.352 e. The summed E-state index contributed by atoms with van der Waals surface area (Å²) in [5.74, 6) is -0.631. The number of benzene rings is 3. The monoisotopic (exact) mass is 589 g/mol. The molecule has 3 aromatic carbocycles. The van der Waals surface area contributed by atoms with E-state index >= 15 is 0 Å². The quantitative estimate of drug-likeness (QED) is 0.322. The summed E-state index contributed by atoms with van der Waals surface area (Å²) >= 11 is 0. The van der Waals surface area contributed by atoms with Crippen molar-refractivity contribution < 1.29 is 18.0 Å². The summed E-state index contributed by atoms with van der Waals surface area (Å²) in [5.41, 5.74) is 5.05. The molecule has 3 aromatic rings. The number of hydrogen-bond donors (Lipinski definition) is 1. The van der Waals surface area contributed by atoms with Crippen molar-refractivity contribution in [1.82, 2.24) is 10.2 Å². The van der Waals surface area contributed by atoms with Gasteiger partial charge in [-0.25, -0.2) is 8.42 Å². The molecule has 0 bridgehead atoms. The smallest absolute Gasteiger partial charge is 0.244 e. The lowest BCUT2D eigenvalue weighted by Gasteiger charge is -2.35. The van der Waals surface area contributed by atoms with Crippen LogP contribution in [-0.4, -0.2) is 50.0 Å². The fraction of sp³-hybridized carbons (Fsp3) is 0.412. The average molecular weight is 590 g/mol. The predicted octanol–water partition coefficient (Wildman–Crippen LogP) is 5.47. The minimum Gasteiger partial charge on any atom is -0.352 e. The Kier molecular flexibility index (Phi) is 10.4. The first-order valence-electron chi connectivity index (χ1n) is 14.8. The summed E-state index contributed by atoms with van der Waals surface area (Å²) < 4.78 is 27.3. The van der Waals surface area contributed by atoms with Gasteiger partial charge in [-0.3, -0.25) is 13.9 Å². The van der Waals surface area contributed by atoms with E-state index in [1.165, 1.54) is 0 Å². The minimum atomic E-state index is -3.81. The lowest BCUT2D eigenvalue weighted by Crippen LogP contribution is -2.55. The van der Waals surface area contributed by atoms with E-state index in [4.69, 9.17) is 0 Å². The van der Waals surface area contributed by atoms with Crippen LogP contribution in [0.4, 0.5) is 5.69 Å². The molecular weight excluding hydrogens is 546 g/mol. The number of nitrogens with one attached hydrogen (secondary N) is 1. The topological polar surface area (TPSA) is 86.8 Å². The molecule has 0 spiro atoms. The number of amides is 2. The minimum absolute atomic E-state index is 0.0719. The van der Waals surface area contributed by atoms with E-state index in [2.05, 4.69) is 5.32 Å². The summed E-state index contributed by atoms with van der Waals surface area (Å²) in [4.78, 5) is 30.0. The van der Waals surface area contributed by atoms with Crippen molar-refractivity contribution >= 4 is 27.5 Å². The Hall–Kier alpha value is -3.65. The van der Waals surface area contributed by atoms with Crippen LogP contribution in [0.2, 0.25) is 0 Å². The van der Waals surface area contributed by atoms with Crippen LogP contribution in [0.3, 0.4) is 0 Å². The number of rotatable bonds is 11. The van der Waals surface area contributed by atoms with E-state index in [1.54, 1.807) is 11.0 Å². The number of hydrogen-bond acceptors (Lipinski definition) is 4. The van der Waals surface area contributed by atoms with Crippen molar-refractivity contribution in [2.75, 3.05) is 17.1 Å². The van der Waals surface area contributed by atoms with E-state index in [0.29, 0.717) is 12.1 Å². The number of sulfonamides is 1. The van der Waals surface area contributed by atoms with Crippen molar-refractivity contribution in [2.24, 2.45) is 0 Å². The zero-order valence-electron chi connectivity index (χ0n) is 25.2. The van der Waals surface area contributed by atoms with Crippen molar-refractivity contribution in [1.29, 1.82) is 0 Å². The Bertz CT molecular complexity index is 1480. The van der Waals surface area contributed by atoms with Crippen molar-refractivity contribution in [3.8, 4) is 0 Å². The SMILES string of the molecule is Cc1ccc(N(CC(=O)N(Cc2ccccc2C)[C@H](Cc2ccccc2)C(=O)NC2CCCCC2)S(C)(=O)=O)c(C)c1. The lowest BCUT2D eigenvalue weighted by molar-refractivity contribution is -0.140. The van der Waals surface area contributed by atoms with E-state index in [0.717, 1.165) is 70.5 Å². The normalized spacial score (nSPS) is 14.7. The van der Waals surface area contributed by atoms with Crippen LogP contribution in [0.15, 0.2) is 72.8 Å². The second-order valence-electron chi connectivity index (χ2n) is 11.6. The van der Waals surface area contributed by atoms with Gasteiger partial charge in [0.25, 0.3) is 0 Å². The van der Waals surface area contributed by atoms with Gasteiger partial charge in [0.1, 0.15) is 12.6 Å². The molecule has 0 saturated heterocycles. The predicted molar refractivity (Wildman–Crippen MR) is 169 cm³/mol. The van der Waals surface area contributed by atoms with Crippen LogP contribution in [0.5, 0.6) is 0 Å². The summed E-state index contributed by atoms with van der Waals surface area (Å²) in [6.07, 6.45) is 6.58. The molecule has 0 radical (unpaired) electrons. The summed E-state index contributed by atoms with van der Waals surface area (Å²) in [6, 6.07) is 22.2. The van der Waals surface area contributed by atoms with Crippen molar-refractivity contribution in [3.63, 3.8) is 0 Å².